The molecule has 4 rings (SSSR count). The summed E-state index contributed by atoms with van der Waals surface area (Å²) in [5.41, 5.74) is 1.87. The van der Waals surface area contributed by atoms with Crippen molar-refractivity contribution in [2.45, 2.75) is 39.7 Å². The van der Waals surface area contributed by atoms with Crippen molar-refractivity contribution in [3.8, 4) is 11.1 Å². The van der Waals surface area contributed by atoms with Crippen molar-refractivity contribution in [3.63, 3.8) is 0 Å². The van der Waals surface area contributed by atoms with Crippen LogP contribution >= 0.6 is 11.3 Å². The van der Waals surface area contributed by atoms with Gasteiger partial charge in [0.25, 0.3) is 17.7 Å². The Bertz CT molecular complexity index is 1270. The molecule has 3 amide bonds. The predicted octanol–water partition coefficient (Wildman–Crippen LogP) is 4.88. The molecule has 0 bridgehead atoms. The Morgan fingerprint density at radius 3 is 2.43 bits per heavy atom. The van der Waals surface area contributed by atoms with Gasteiger partial charge in [0, 0.05) is 47.4 Å². The van der Waals surface area contributed by atoms with Gasteiger partial charge in [0.2, 0.25) is 0 Å². The summed E-state index contributed by atoms with van der Waals surface area (Å²) in [7, 11) is 0. The Morgan fingerprint density at radius 1 is 1.06 bits per heavy atom. The summed E-state index contributed by atoms with van der Waals surface area (Å²) in [4.78, 5) is 44.7. The molecule has 3 aromatic rings. The average Bonchev–Trinajstić information content (AvgIpc) is 3.52. The van der Waals surface area contributed by atoms with E-state index in [4.69, 9.17) is 0 Å². The van der Waals surface area contributed by atoms with E-state index in [1.54, 1.807) is 41.6 Å². The Hall–Kier alpha value is -3.59. The summed E-state index contributed by atoms with van der Waals surface area (Å²) >= 11 is 1.26. The zero-order valence-electron chi connectivity index (χ0n) is 19.9. The van der Waals surface area contributed by atoms with Gasteiger partial charge in [-0.25, -0.2) is 9.37 Å². The quantitative estimate of drug-likeness (QED) is 0.467. The fraction of sp³-hybridized carbons (Fsp3) is 0.308. The van der Waals surface area contributed by atoms with Gasteiger partial charge in [0.1, 0.15) is 5.82 Å². The molecule has 1 saturated carbocycles. The lowest BCUT2D eigenvalue weighted by Gasteiger charge is -2.20. The molecule has 0 aliphatic heterocycles. The number of nitrogens with zero attached hydrogens (tertiary/aromatic N) is 2. The van der Waals surface area contributed by atoms with Gasteiger partial charge in [-0.3, -0.25) is 19.7 Å². The molecule has 1 heterocycles. The van der Waals surface area contributed by atoms with Crippen LogP contribution in [0.3, 0.4) is 0 Å². The standard InChI is InChI=1S/C26H27FN4O3S/c1-4-31(5-2)25(34)16-6-9-19(21(12-16)24(33)30-26-28-10-11-35-26)20-13-17(14-22(27)15(20)3)23(32)29-18-7-8-18/h6,9-14,18H,4-5,7-8H2,1-3H3,(H,29,32)(H,28,30,33). The van der Waals surface area contributed by atoms with Gasteiger partial charge in [0.15, 0.2) is 5.13 Å². The summed E-state index contributed by atoms with van der Waals surface area (Å²) in [6.07, 6.45) is 3.40. The fourth-order valence-corrected chi connectivity index (χ4v) is 4.35. The van der Waals surface area contributed by atoms with Crippen molar-refractivity contribution in [3.05, 3.63) is 70.0 Å². The summed E-state index contributed by atoms with van der Waals surface area (Å²) in [5.74, 6) is -1.57. The number of halogens is 1. The van der Waals surface area contributed by atoms with E-state index in [2.05, 4.69) is 15.6 Å². The van der Waals surface area contributed by atoms with E-state index in [1.165, 1.54) is 23.5 Å². The minimum atomic E-state index is -0.543. The molecular weight excluding hydrogens is 467 g/mol. The molecule has 0 saturated heterocycles. The van der Waals surface area contributed by atoms with Crippen molar-refractivity contribution in [2.24, 2.45) is 0 Å². The van der Waals surface area contributed by atoms with E-state index in [1.807, 2.05) is 13.8 Å². The van der Waals surface area contributed by atoms with E-state index in [-0.39, 0.29) is 29.0 Å². The zero-order valence-corrected chi connectivity index (χ0v) is 20.7. The smallest absolute Gasteiger partial charge is 0.258 e. The van der Waals surface area contributed by atoms with Crippen LogP contribution in [0.25, 0.3) is 11.1 Å². The molecule has 0 spiro atoms. The topological polar surface area (TPSA) is 91.4 Å². The first-order chi connectivity index (χ1) is 16.8. The summed E-state index contributed by atoms with van der Waals surface area (Å²) in [5, 5.41) is 7.76. The number of rotatable bonds is 8. The van der Waals surface area contributed by atoms with Gasteiger partial charge in [-0.1, -0.05) is 6.07 Å². The van der Waals surface area contributed by atoms with Crippen molar-refractivity contribution in [1.82, 2.24) is 15.2 Å². The van der Waals surface area contributed by atoms with Crippen LogP contribution in [-0.2, 0) is 0 Å². The van der Waals surface area contributed by atoms with Gasteiger partial charge < -0.3 is 10.2 Å². The fourth-order valence-electron chi connectivity index (χ4n) is 3.83. The second-order valence-corrected chi connectivity index (χ2v) is 9.30. The van der Waals surface area contributed by atoms with Crippen LogP contribution in [0.5, 0.6) is 0 Å². The van der Waals surface area contributed by atoms with E-state index in [0.29, 0.717) is 40.5 Å². The number of nitrogens with one attached hydrogen (secondary N) is 2. The number of hydrogen-bond donors (Lipinski definition) is 2. The Morgan fingerprint density at radius 2 is 1.80 bits per heavy atom. The first-order valence-corrected chi connectivity index (χ1v) is 12.5. The highest BCUT2D eigenvalue weighted by atomic mass is 32.1. The first kappa shape index (κ1) is 24.5. The molecule has 0 unspecified atom stereocenters. The molecule has 1 aliphatic rings. The average molecular weight is 495 g/mol. The Labute approximate surface area is 207 Å². The highest BCUT2D eigenvalue weighted by Crippen LogP contribution is 2.32. The number of anilines is 1. The molecule has 0 atom stereocenters. The summed E-state index contributed by atoms with van der Waals surface area (Å²) < 4.78 is 14.9. The molecule has 1 fully saturated rings. The molecule has 1 aromatic heterocycles. The number of hydrogen-bond acceptors (Lipinski definition) is 5. The third-order valence-electron chi connectivity index (χ3n) is 6.02. The van der Waals surface area contributed by atoms with Crippen molar-refractivity contribution in [2.75, 3.05) is 18.4 Å². The maximum atomic E-state index is 14.9. The Kier molecular flexibility index (Phi) is 7.25. The van der Waals surface area contributed by atoms with E-state index >= 15 is 0 Å². The number of thiazole rings is 1. The molecule has 0 radical (unpaired) electrons. The number of carbonyl (C=O) groups excluding carboxylic acids is 3. The summed E-state index contributed by atoms with van der Waals surface area (Å²) in [6, 6.07) is 7.72. The lowest BCUT2D eigenvalue weighted by atomic mass is 9.91. The molecule has 2 aromatic carbocycles. The number of benzene rings is 2. The number of aromatic nitrogens is 1. The molecule has 182 valence electrons. The third kappa shape index (κ3) is 5.40. The van der Waals surface area contributed by atoms with Gasteiger partial charge in [-0.15, -0.1) is 11.3 Å². The molecular formula is C26H27FN4O3S. The molecule has 35 heavy (non-hydrogen) atoms. The van der Waals surface area contributed by atoms with Crippen LogP contribution < -0.4 is 10.6 Å². The molecule has 1 aliphatic carbocycles. The van der Waals surface area contributed by atoms with Gasteiger partial charge >= 0.3 is 0 Å². The van der Waals surface area contributed by atoms with Crippen molar-refractivity contribution >= 4 is 34.2 Å². The van der Waals surface area contributed by atoms with Crippen molar-refractivity contribution < 1.29 is 18.8 Å². The second kappa shape index (κ2) is 10.4. The van der Waals surface area contributed by atoms with E-state index in [9.17, 15) is 18.8 Å². The zero-order chi connectivity index (χ0) is 25.1. The second-order valence-electron chi connectivity index (χ2n) is 8.41. The van der Waals surface area contributed by atoms with E-state index < -0.39 is 11.7 Å². The normalized spacial score (nSPS) is 12.8. The molecule has 2 N–H and O–H groups in total. The van der Waals surface area contributed by atoms with Crippen LogP contribution in [0, 0.1) is 12.7 Å². The van der Waals surface area contributed by atoms with Crippen LogP contribution in [0.15, 0.2) is 41.9 Å². The highest BCUT2D eigenvalue weighted by Gasteiger charge is 2.26. The van der Waals surface area contributed by atoms with Gasteiger partial charge in [-0.05, 0) is 74.6 Å². The maximum Gasteiger partial charge on any atom is 0.258 e. The van der Waals surface area contributed by atoms with Crippen LogP contribution in [-0.4, -0.2) is 46.7 Å². The lowest BCUT2D eigenvalue weighted by Crippen LogP contribution is -2.30. The van der Waals surface area contributed by atoms with Crippen LogP contribution in [0.4, 0.5) is 9.52 Å². The van der Waals surface area contributed by atoms with Crippen LogP contribution in [0.2, 0.25) is 0 Å². The molecule has 7 nitrogen and oxygen atoms in total. The maximum absolute atomic E-state index is 14.9. The lowest BCUT2D eigenvalue weighted by molar-refractivity contribution is 0.0772. The monoisotopic (exact) mass is 494 g/mol. The SMILES string of the molecule is CCN(CC)C(=O)c1ccc(-c2cc(C(=O)NC3CC3)cc(F)c2C)c(C(=O)Nc2nccs2)c1. The highest BCUT2D eigenvalue weighted by molar-refractivity contribution is 7.13. The summed E-state index contributed by atoms with van der Waals surface area (Å²) in [6.45, 7) is 6.43. The predicted molar refractivity (Wildman–Crippen MR) is 134 cm³/mol. The van der Waals surface area contributed by atoms with Crippen molar-refractivity contribution in [1.29, 1.82) is 0 Å². The Balaban J connectivity index is 1.81. The largest absolute Gasteiger partial charge is 0.349 e. The first-order valence-electron chi connectivity index (χ1n) is 11.6. The van der Waals surface area contributed by atoms with Crippen LogP contribution in [0.1, 0.15) is 63.3 Å². The number of amides is 3. The third-order valence-corrected chi connectivity index (χ3v) is 6.71. The van der Waals surface area contributed by atoms with Gasteiger partial charge in [-0.2, -0.15) is 0 Å². The number of carbonyl (C=O) groups is 3. The van der Waals surface area contributed by atoms with Gasteiger partial charge in [0.05, 0.1) is 0 Å². The minimum absolute atomic E-state index is 0.125. The van der Waals surface area contributed by atoms with E-state index in [0.717, 1.165) is 12.8 Å². The molecule has 9 heteroatoms. The minimum Gasteiger partial charge on any atom is -0.349 e.